The van der Waals surface area contributed by atoms with Crippen LogP contribution in [-0.4, -0.2) is 47.6 Å². The molecule has 7 nitrogen and oxygen atoms in total. The van der Waals surface area contributed by atoms with Gasteiger partial charge in [-0.2, -0.15) is 4.99 Å². The molecule has 1 unspecified atom stereocenters. The molecular weight excluding hydrogens is 463 g/mol. The summed E-state index contributed by atoms with van der Waals surface area (Å²) in [5.74, 6) is -1.05. The van der Waals surface area contributed by atoms with Crippen LogP contribution in [0.2, 0.25) is 10.0 Å². The first kappa shape index (κ1) is 24.7. The lowest BCUT2D eigenvalue weighted by Gasteiger charge is -2.35. The molecule has 9 heteroatoms. The molecule has 1 heterocycles. The van der Waals surface area contributed by atoms with Crippen molar-refractivity contribution >= 4 is 46.8 Å². The normalized spacial score (nSPS) is 15.7. The van der Waals surface area contributed by atoms with Crippen LogP contribution >= 0.6 is 23.2 Å². The van der Waals surface area contributed by atoms with Crippen molar-refractivity contribution in [2.75, 3.05) is 13.1 Å². The monoisotopic (exact) mass is 488 g/mol. The van der Waals surface area contributed by atoms with E-state index in [1.807, 2.05) is 13.0 Å². The van der Waals surface area contributed by atoms with Crippen LogP contribution in [0.15, 0.2) is 53.5 Å². The van der Waals surface area contributed by atoms with Gasteiger partial charge >= 0.3 is 0 Å². The summed E-state index contributed by atoms with van der Waals surface area (Å²) in [5.41, 5.74) is 6.95. The molecule has 3 amide bonds. The van der Waals surface area contributed by atoms with Gasteiger partial charge in [-0.25, -0.2) is 0 Å². The maximum absolute atomic E-state index is 13.2. The van der Waals surface area contributed by atoms with Crippen LogP contribution in [0, 0.1) is 5.92 Å². The number of aliphatic imine (C=N–C) groups is 1. The molecule has 0 bridgehead atoms. The minimum atomic E-state index is -0.895. The third-order valence-corrected chi connectivity index (χ3v) is 6.44. The van der Waals surface area contributed by atoms with Gasteiger partial charge in [0.25, 0.3) is 11.8 Å². The lowest BCUT2D eigenvalue weighted by molar-refractivity contribution is -0.132. The van der Waals surface area contributed by atoms with E-state index in [1.54, 1.807) is 29.2 Å². The molecule has 0 radical (unpaired) electrons. The van der Waals surface area contributed by atoms with Gasteiger partial charge in [-0.3, -0.25) is 14.4 Å². The summed E-state index contributed by atoms with van der Waals surface area (Å²) in [6, 6.07) is 12.6. The summed E-state index contributed by atoms with van der Waals surface area (Å²) in [4.78, 5) is 44.0. The predicted molar refractivity (Wildman–Crippen MR) is 129 cm³/mol. The first-order valence-electron chi connectivity index (χ1n) is 10.8. The largest absolute Gasteiger partial charge is 0.383 e. The Morgan fingerprint density at radius 2 is 1.73 bits per heavy atom. The Morgan fingerprint density at radius 1 is 1.06 bits per heavy atom. The second-order valence-electron chi connectivity index (χ2n) is 7.85. The highest BCUT2D eigenvalue weighted by Crippen LogP contribution is 2.25. The fourth-order valence-corrected chi connectivity index (χ4v) is 4.11. The summed E-state index contributed by atoms with van der Waals surface area (Å²) in [6.07, 6.45) is 1.55. The molecule has 33 heavy (non-hydrogen) atoms. The van der Waals surface area contributed by atoms with Gasteiger partial charge in [0.1, 0.15) is 11.9 Å². The number of rotatable bonds is 6. The number of halogens is 2. The third kappa shape index (κ3) is 6.33. The van der Waals surface area contributed by atoms with E-state index >= 15 is 0 Å². The van der Waals surface area contributed by atoms with Crippen LogP contribution in [0.5, 0.6) is 0 Å². The average molecular weight is 489 g/mol. The number of piperidine rings is 1. The summed E-state index contributed by atoms with van der Waals surface area (Å²) >= 11 is 12.0. The van der Waals surface area contributed by atoms with Crippen LogP contribution in [-0.2, 0) is 9.59 Å². The minimum Gasteiger partial charge on any atom is -0.383 e. The second-order valence-corrected chi connectivity index (χ2v) is 8.67. The standard InChI is InChI=1S/C24H26Cl2N4O3/c1-2-20(31)30-12-10-15(11-13-30)21(24(33)29-22(27)16-6-4-3-5-7-16)28-23(32)17-8-9-18(25)19(26)14-17/h3-9,14-15,21H,2,10-13H2,1H3,(H,28,32)(H2,27,29,33). The third-order valence-electron chi connectivity index (χ3n) is 5.70. The highest BCUT2D eigenvalue weighted by atomic mass is 35.5. The SMILES string of the molecule is CCC(=O)N1CCC(C(NC(=O)c2ccc(Cl)c(Cl)c2)C(=O)N=C(N)c2ccccc2)CC1. The van der Waals surface area contributed by atoms with E-state index in [0.717, 1.165) is 0 Å². The van der Waals surface area contributed by atoms with Crippen molar-refractivity contribution in [1.82, 2.24) is 10.2 Å². The molecule has 0 saturated carbocycles. The second kappa shape index (κ2) is 11.3. The smallest absolute Gasteiger partial charge is 0.270 e. The number of nitrogens with two attached hydrogens (primary N) is 1. The molecule has 1 atom stereocenters. The zero-order valence-corrected chi connectivity index (χ0v) is 19.8. The lowest BCUT2D eigenvalue weighted by Crippen LogP contribution is -2.50. The maximum Gasteiger partial charge on any atom is 0.270 e. The average Bonchev–Trinajstić information content (AvgIpc) is 2.84. The van der Waals surface area contributed by atoms with Crippen molar-refractivity contribution in [3.63, 3.8) is 0 Å². The van der Waals surface area contributed by atoms with E-state index in [9.17, 15) is 14.4 Å². The number of hydrogen-bond acceptors (Lipinski definition) is 3. The van der Waals surface area contributed by atoms with E-state index < -0.39 is 17.9 Å². The Bertz CT molecular complexity index is 1050. The first-order chi connectivity index (χ1) is 15.8. The van der Waals surface area contributed by atoms with E-state index in [1.165, 1.54) is 18.2 Å². The Morgan fingerprint density at radius 3 is 2.33 bits per heavy atom. The fraction of sp³-hybridized carbons (Fsp3) is 0.333. The number of carbonyl (C=O) groups excluding carboxylic acids is 3. The van der Waals surface area contributed by atoms with Gasteiger partial charge in [0.05, 0.1) is 10.0 Å². The Kier molecular flexibility index (Phi) is 8.47. The number of nitrogens with one attached hydrogen (secondary N) is 1. The van der Waals surface area contributed by atoms with Crippen molar-refractivity contribution in [2.45, 2.75) is 32.2 Å². The number of carbonyl (C=O) groups is 3. The topological polar surface area (TPSA) is 105 Å². The fourth-order valence-electron chi connectivity index (χ4n) is 3.81. The molecular formula is C24H26Cl2N4O3. The van der Waals surface area contributed by atoms with Gasteiger partial charge in [0, 0.05) is 30.6 Å². The number of amides is 3. The molecule has 1 saturated heterocycles. The quantitative estimate of drug-likeness (QED) is 0.477. The Hall–Kier alpha value is -2.90. The lowest BCUT2D eigenvalue weighted by atomic mass is 9.88. The van der Waals surface area contributed by atoms with Crippen LogP contribution in [0.25, 0.3) is 0 Å². The van der Waals surface area contributed by atoms with Gasteiger partial charge in [0.2, 0.25) is 5.91 Å². The van der Waals surface area contributed by atoms with Gasteiger partial charge in [-0.05, 0) is 37.0 Å². The van der Waals surface area contributed by atoms with Crippen molar-refractivity contribution in [3.8, 4) is 0 Å². The summed E-state index contributed by atoms with van der Waals surface area (Å²) in [7, 11) is 0. The van der Waals surface area contributed by atoms with Gasteiger partial charge in [-0.15, -0.1) is 0 Å². The zero-order valence-electron chi connectivity index (χ0n) is 18.3. The minimum absolute atomic E-state index is 0.0718. The number of benzene rings is 2. The highest BCUT2D eigenvalue weighted by molar-refractivity contribution is 6.42. The summed E-state index contributed by atoms with van der Waals surface area (Å²) in [6.45, 7) is 2.85. The van der Waals surface area contributed by atoms with Crippen LogP contribution in [0.1, 0.15) is 42.1 Å². The summed E-state index contributed by atoms with van der Waals surface area (Å²) in [5, 5.41) is 3.38. The predicted octanol–water partition coefficient (Wildman–Crippen LogP) is 3.67. The molecule has 3 rings (SSSR count). The van der Waals surface area contributed by atoms with E-state index in [0.29, 0.717) is 42.9 Å². The molecule has 1 fully saturated rings. The van der Waals surface area contributed by atoms with Crippen molar-refractivity contribution in [2.24, 2.45) is 16.6 Å². The van der Waals surface area contributed by atoms with E-state index in [-0.39, 0.29) is 28.2 Å². The Labute approximate surface area is 202 Å². The number of amidine groups is 1. The molecule has 2 aromatic carbocycles. The molecule has 1 aliphatic heterocycles. The highest BCUT2D eigenvalue weighted by Gasteiger charge is 2.34. The molecule has 0 spiro atoms. The number of hydrogen-bond donors (Lipinski definition) is 2. The van der Waals surface area contributed by atoms with E-state index in [4.69, 9.17) is 28.9 Å². The van der Waals surface area contributed by atoms with Gasteiger partial charge in [0.15, 0.2) is 0 Å². The first-order valence-corrected chi connectivity index (χ1v) is 11.5. The molecule has 2 aromatic rings. The van der Waals surface area contributed by atoms with Crippen molar-refractivity contribution in [1.29, 1.82) is 0 Å². The van der Waals surface area contributed by atoms with E-state index in [2.05, 4.69) is 10.3 Å². The van der Waals surface area contributed by atoms with Crippen LogP contribution < -0.4 is 11.1 Å². The molecule has 0 aliphatic carbocycles. The number of likely N-dealkylation sites (tertiary alicyclic amines) is 1. The number of nitrogens with zero attached hydrogens (tertiary/aromatic N) is 2. The van der Waals surface area contributed by atoms with Crippen LogP contribution in [0.4, 0.5) is 0 Å². The Balaban J connectivity index is 1.82. The van der Waals surface area contributed by atoms with Gasteiger partial charge < -0.3 is 16.0 Å². The molecule has 174 valence electrons. The van der Waals surface area contributed by atoms with Crippen LogP contribution in [0.3, 0.4) is 0 Å². The molecule has 0 aromatic heterocycles. The molecule has 1 aliphatic rings. The zero-order chi connectivity index (χ0) is 24.0. The van der Waals surface area contributed by atoms with Crippen molar-refractivity contribution in [3.05, 3.63) is 69.7 Å². The van der Waals surface area contributed by atoms with Crippen molar-refractivity contribution < 1.29 is 14.4 Å². The summed E-state index contributed by atoms with van der Waals surface area (Å²) < 4.78 is 0. The van der Waals surface area contributed by atoms with Gasteiger partial charge in [-0.1, -0.05) is 60.5 Å². The maximum atomic E-state index is 13.2. The molecule has 3 N–H and O–H groups in total.